The fourth-order valence-electron chi connectivity index (χ4n) is 6.41. The summed E-state index contributed by atoms with van der Waals surface area (Å²) in [4.78, 5) is 31.7. The Balaban J connectivity index is 1.27. The molecule has 2 amide bonds. The summed E-state index contributed by atoms with van der Waals surface area (Å²) >= 11 is 0. The quantitative estimate of drug-likeness (QED) is 0.350. The molecule has 41 heavy (non-hydrogen) atoms. The summed E-state index contributed by atoms with van der Waals surface area (Å²) in [6, 6.07) is 24.3. The Hall–Kier alpha value is -3.22. The highest BCUT2D eigenvalue weighted by atomic mass is 16.2. The molecule has 0 saturated carbocycles. The number of likely N-dealkylation sites (tertiary alicyclic amines) is 1. The topological polar surface area (TPSA) is 64.7 Å². The summed E-state index contributed by atoms with van der Waals surface area (Å²) in [6.07, 6.45) is 5.40. The summed E-state index contributed by atoms with van der Waals surface area (Å²) in [6.45, 7) is 9.59. The van der Waals surface area contributed by atoms with E-state index in [0.717, 1.165) is 49.8 Å². The zero-order valence-corrected chi connectivity index (χ0v) is 24.7. The lowest BCUT2D eigenvalue weighted by molar-refractivity contribution is -0.133. The number of piperidine rings is 1. The lowest BCUT2D eigenvalue weighted by Crippen LogP contribution is -2.50. The van der Waals surface area contributed by atoms with Crippen LogP contribution in [-0.4, -0.2) is 73.0 Å². The SMILES string of the molecule is CC(C)[C@H](CN1CC[C@H](CNC(=O)c2ccc3ccccc3c2)N[C@H](CCN2CCCCC2)C1=O)c1ccccc1. The third kappa shape index (κ3) is 7.75. The standard InChI is InChI=1S/C35H46N4O2/c1-26(2)32(28-12-5-3-6-13-28)25-39-22-17-31(37-33(35(39)41)18-21-38-19-9-4-10-20-38)24-36-34(40)30-16-15-27-11-7-8-14-29(27)23-30/h3,5-8,11-16,23,26,31-33,37H,4,9-10,17-22,24-25H2,1-2H3,(H,36,40)/t31-,32+,33-/m1/s1. The number of nitrogens with zero attached hydrogens (tertiary/aromatic N) is 2. The van der Waals surface area contributed by atoms with Crippen molar-refractivity contribution in [3.63, 3.8) is 0 Å². The van der Waals surface area contributed by atoms with Crippen molar-refractivity contribution in [3.05, 3.63) is 83.9 Å². The van der Waals surface area contributed by atoms with Crippen LogP contribution in [0.4, 0.5) is 0 Å². The van der Waals surface area contributed by atoms with E-state index in [9.17, 15) is 9.59 Å². The Morgan fingerprint density at radius 3 is 2.41 bits per heavy atom. The van der Waals surface area contributed by atoms with E-state index < -0.39 is 0 Å². The van der Waals surface area contributed by atoms with Crippen molar-refractivity contribution in [2.45, 2.75) is 64.0 Å². The van der Waals surface area contributed by atoms with Crippen LogP contribution in [0.25, 0.3) is 10.8 Å². The predicted octanol–water partition coefficient (Wildman–Crippen LogP) is 5.44. The van der Waals surface area contributed by atoms with Crippen LogP contribution in [0, 0.1) is 5.92 Å². The molecule has 5 rings (SSSR count). The van der Waals surface area contributed by atoms with Crippen LogP contribution in [0.2, 0.25) is 0 Å². The van der Waals surface area contributed by atoms with Crippen LogP contribution in [-0.2, 0) is 4.79 Å². The molecular weight excluding hydrogens is 508 g/mol. The zero-order valence-electron chi connectivity index (χ0n) is 24.7. The van der Waals surface area contributed by atoms with Gasteiger partial charge in [0.2, 0.25) is 5.91 Å². The molecule has 0 radical (unpaired) electrons. The molecule has 0 aliphatic carbocycles. The van der Waals surface area contributed by atoms with Crippen LogP contribution in [0.3, 0.4) is 0 Å². The summed E-state index contributed by atoms with van der Waals surface area (Å²) in [7, 11) is 0. The number of fused-ring (bicyclic) bond motifs is 1. The zero-order chi connectivity index (χ0) is 28.6. The number of carbonyl (C=O) groups excluding carboxylic acids is 2. The normalized spacial score (nSPS) is 21.1. The molecule has 218 valence electrons. The number of benzene rings is 3. The summed E-state index contributed by atoms with van der Waals surface area (Å²) < 4.78 is 0. The second-order valence-corrected chi connectivity index (χ2v) is 12.2. The van der Waals surface area contributed by atoms with Gasteiger partial charge >= 0.3 is 0 Å². The molecule has 2 heterocycles. The van der Waals surface area contributed by atoms with E-state index in [1.165, 1.54) is 24.8 Å². The van der Waals surface area contributed by atoms with Gasteiger partial charge in [-0.25, -0.2) is 0 Å². The van der Waals surface area contributed by atoms with Crippen molar-refractivity contribution in [2.24, 2.45) is 5.92 Å². The molecule has 2 aliphatic rings. The average molecular weight is 555 g/mol. The predicted molar refractivity (Wildman–Crippen MR) is 167 cm³/mol. The minimum absolute atomic E-state index is 0.0361. The van der Waals surface area contributed by atoms with Gasteiger partial charge in [-0.2, -0.15) is 0 Å². The van der Waals surface area contributed by atoms with Gasteiger partial charge in [0.25, 0.3) is 5.91 Å². The molecule has 3 atom stereocenters. The highest BCUT2D eigenvalue weighted by molar-refractivity contribution is 5.98. The number of nitrogens with one attached hydrogen (secondary N) is 2. The van der Waals surface area contributed by atoms with Crippen molar-refractivity contribution >= 4 is 22.6 Å². The van der Waals surface area contributed by atoms with Crippen LogP contribution < -0.4 is 10.6 Å². The minimum atomic E-state index is -0.245. The third-order valence-corrected chi connectivity index (χ3v) is 8.95. The van der Waals surface area contributed by atoms with E-state index in [4.69, 9.17) is 0 Å². The van der Waals surface area contributed by atoms with Crippen LogP contribution in [0.15, 0.2) is 72.8 Å². The Bertz CT molecular complexity index is 1290. The van der Waals surface area contributed by atoms with Gasteiger partial charge < -0.3 is 20.4 Å². The highest BCUT2D eigenvalue weighted by Crippen LogP contribution is 2.27. The van der Waals surface area contributed by atoms with Gasteiger partial charge in [0.05, 0.1) is 6.04 Å². The van der Waals surface area contributed by atoms with Crippen LogP contribution in [0.1, 0.15) is 67.8 Å². The molecule has 0 unspecified atom stereocenters. The van der Waals surface area contributed by atoms with Gasteiger partial charge in [-0.15, -0.1) is 0 Å². The number of amides is 2. The lowest BCUT2D eigenvalue weighted by Gasteiger charge is -2.32. The van der Waals surface area contributed by atoms with Crippen molar-refractivity contribution in [1.82, 2.24) is 20.4 Å². The smallest absolute Gasteiger partial charge is 0.251 e. The van der Waals surface area contributed by atoms with Gasteiger partial charge in [0.15, 0.2) is 0 Å². The molecule has 3 aromatic carbocycles. The molecule has 2 N–H and O–H groups in total. The first-order valence-electron chi connectivity index (χ1n) is 15.6. The second kappa shape index (κ2) is 14.1. The van der Waals surface area contributed by atoms with E-state index in [0.29, 0.717) is 24.6 Å². The Kier molecular flexibility index (Phi) is 10.1. The molecule has 0 spiro atoms. The Labute approximate surface area is 245 Å². The summed E-state index contributed by atoms with van der Waals surface area (Å²) in [5.74, 6) is 0.836. The van der Waals surface area contributed by atoms with Crippen molar-refractivity contribution < 1.29 is 9.59 Å². The maximum absolute atomic E-state index is 14.0. The fourth-order valence-corrected chi connectivity index (χ4v) is 6.41. The molecule has 3 aromatic rings. The van der Waals surface area contributed by atoms with E-state index in [1.807, 2.05) is 36.4 Å². The van der Waals surface area contributed by atoms with Crippen molar-refractivity contribution in [3.8, 4) is 0 Å². The number of hydrogen-bond acceptors (Lipinski definition) is 4. The number of rotatable bonds is 10. The van der Waals surface area contributed by atoms with Gasteiger partial charge in [-0.3, -0.25) is 9.59 Å². The van der Waals surface area contributed by atoms with E-state index in [-0.39, 0.29) is 29.8 Å². The Morgan fingerprint density at radius 2 is 1.66 bits per heavy atom. The minimum Gasteiger partial charge on any atom is -0.350 e. The molecular formula is C35H46N4O2. The van der Waals surface area contributed by atoms with Crippen LogP contribution in [0.5, 0.6) is 0 Å². The van der Waals surface area contributed by atoms with Gasteiger partial charge in [-0.05, 0) is 73.2 Å². The molecule has 6 heteroatoms. The molecule has 2 fully saturated rings. The molecule has 2 aliphatic heterocycles. The number of hydrogen-bond donors (Lipinski definition) is 2. The lowest BCUT2D eigenvalue weighted by atomic mass is 9.87. The third-order valence-electron chi connectivity index (χ3n) is 8.95. The highest BCUT2D eigenvalue weighted by Gasteiger charge is 2.33. The maximum Gasteiger partial charge on any atom is 0.251 e. The van der Waals surface area contributed by atoms with E-state index in [2.05, 4.69) is 70.7 Å². The first-order chi connectivity index (χ1) is 20.0. The second-order valence-electron chi connectivity index (χ2n) is 12.2. The molecule has 0 bridgehead atoms. The largest absolute Gasteiger partial charge is 0.350 e. The maximum atomic E-state index is 14.0. The molecule has 0 aromatic heterocycles. The number of carbonyl (C=O) groups is 2. The van der Waals surface area contributed by atoms with E-state index >= 15 is 0 Å². The molecule has 6 nitrogen and oxygen atoms in total. The van der Waals surface area contributed by atoms with Crippen LogP contribution >= 0.6 is 0 Å². The Morgan fingerprint density at radius 1 is 0.927 bits per heavy atom. The van der Waals surface area contributed by atoms with Crippen molar-refractivity contribution in [1.29, 1.82) is 0 Å². The fraction of sp³-hybridized carbons (Fsp3) is 0.486. The first-order valence-corrected chi connectivity index (χ1v) is 15.6. The molecule has 2 saturated heterocycles. The average Bonchev–Trinajstić information content (AvgIpc) is 3.16. The first kappa shape index (κ1) is 29.3. The summed E-state index contributed by atoms with van der Waals surface area (Å²) in [5, 5.41) is 9.03. The van der Waals surface area contributed by atoms with E-state index in [1.54, 1.807) is 0 Å². The van der Waals surface area contributed by atoms with Crippen molar-refractivity contribution in [2.75, 3.05) is 39.3 Å². The van der Waals surface area contributed by atoms with Gasteiger partial charge in [-0.1, -0.05) is 80.9 Å². The monoisotopic (exact) mass is 554 g/mol. The van der Waals surface area contributed by atoms with Gasteiger partial charge in [0, 0.05) is 43.7 Å². The summed E-state index contributed by atoms with van der Waals surface area (Å²) in [5.41, 5.74) is 1.95. The van der Waals surface area contributed by atoms with Gasteiger partial charge in [0.1, 0.15) is 0 Å².